The largest absolute Gasteiger partial charge is 0.329 e. The molecule has 0 aromatic heterocycles. The van der Waals surface area contributed by atoms with Crippen LogP contribution in [-0.4, -0.2) is 41.6 Å². The highest BCUT2D eigenvalue weighted by atomic mass is 32.2. The van der Waals surface area contributed by atoms with Crippen LogP contribution >= 0.6 is 11.8 Å². The molecule has 18 heavy (non-hydrogen) atoms. The molecule has 2 aliphatic heterocycles. The summed E-state index contributed by atoms with van der Waals surface area (Å²) in [6.07, 6.45) is 5.38. The predicted octanol–water partition coefficient (Wildman–Crippen LogP) is 2.97. The maximum atomic E-state index is 6.06. The quantitative estimate of drug-likeness (QED) is 0.855. The van der Waals surface area contributed by atoms with Crippen molar-refractivity contribution >= 4 is 11.8 Å². The number of likely N-dealkylation sites (tertiary alicyclic amines) is 1. The minimum absolute atomic E-state index is 0.470. The van der Waals surface area contributed by atoms with Gasteiger partial charge in [0.25, 0.3) is 0 Å². The summed E-state index contributed by atoms with van der Waals surface area (Å²) in [7, 11) is 0. The Kier molecular flexibility index (Phi) is 5.01. The molecule has 2 N–H and O–H groups in total. The molecule has 0 bridgehead atoms. The second-order valence-corrected chi connectivity index (χ2v) is 7.91. The first-order valence-corrected chi connectivity index (χ1v) is 8.77. The standard InChI is InChI=1S/C15H30N2S/c1-4-12-5-7-17(13(9-12)10-16)14-11-18-8-6-15(14,2)3/h12-14H,4-11,16H2,1-3H3. The van der Waals surface area contributed by atoms with E-state index in [1.807, 2.05) is 0 Å². The fourth-order valence-corrected chi connectivity index (χ4v) is 5.34. The van der Waals surface area contributed by atoms with Gasteiger partial charge in [-0.3, -0.25) is 4.90 Å². The zero-order valence-corrected chi connectivity index (χ0v) is 13.1. The van der Waals surface area contributed by atoms with Gasteiger partial charge in [-0.1, -0.05) is 27.2 Å². The van der Waals surface area contributed by atoms with Gasteiger partial charge in [-0.15, -0.1) is 0 Å². The van der Waals surface area contributed by atoms with Crippen molar-refractivity contribution in [1.82, 2.24) is 4.90 Å². The van der Waals surface area contributed by atoms with E-state index in [4.69, 9.17) is 5.73 Å². The lowest BCUT2D eigenvalue weighted by molar-refractivity contribution is 0.0208. The summed E-state index contributed by atoms with van der Waals surface area (Å²) in [5, 5.41) is 0. The molecule has 0 amide bonds. The second kappa shape index (κ2) is 6.15. The Labute approximate surface area is 117 Å². The molecule has 0 spiro atoms. The molecule has 0 saturated carbocycles. The van der Waals surface area contributed by atoms with Crippen molar-refractivity contribution in [3.05, 3.63) is 0 Å². The van der Waals surface area contributed by atoms with Crippen molar-refractivity contribution in [2.24, 2.45) is 17.1 Å². The minimum Gasteiger partial charge on any atom is -0.329 e. The van der Waals surface area contributed by atoms with Crippen LogP contribution in [0.15, 0.2) is 0 Å². The molecule has 2 saturated heterocycles. The van der Waals surface area contributed by atoms with Crippen LogP contribution in [0.25, 0.3) is 0 Å². The molecule has 2 fully saturated rings. The van der Waals surface area contributed by atoms with Crippen molar-refractivity contribution in [2.45, 2.75) is 58.5 Å². The number of nitrogens with two attached hydrogens (primary N) is 1. The lowest BCUT2D eigenvalue weighted by Gasteiger charge is -2.51. The summed E-state index contributed by atoms with van der Waals surface area (Å²) < 4.78 is 0. The summed E-state index contributed by atoms with van der Waals surface area (Å²) in [5.74, 6) is 3.55. The van der Waals surface area contributed by atoms with Gasteiger partial charge in [0.2, 0.25) is 0 Å². The van der Waals surface area contributed by atoms with Gasteiger partial charge < -0.3 is 5.73 Å². The van der Waals surface area contributed by atoms with Crippen molar-refractivity contribution in [3.63, 3.8) is 0 Å². The van der Waals surface area contributed by atoms with Crippen molar-refractivity contribution in [1.29, 1.82) is 0 Å². The Hall–Kier alpha value is 0.270. The third-order valence-electron chi connectivity index (χ3n) is 5.19. The number of nitrogens with zero attached hydrogens (tertiary/aromatic N) is 1. The van der Waals surface area contributed by atoms with E-state index in [2.05, 4.69) is 37.4 Å². The Morgan fingerprint density at radius 2 is 2.17 bits per heavy atom. The van der Waals surface area contributed by atoms with Crippen LogP contribution in [0.3, 0.4) is 0 Å². The fourth-order valence-electron chi connectivity index (χ4n) is 3.63. The molecule has 2 aliphatic rings. The van der Waals surface area contributed by atoms with Crippen LogP contribution in [0.2, 0.25) is 0 Å². The monoisotopic (exact) mass is 270 g/mol. The zero-order valence-electron chi connectivity index (χ0n) is 12.3. The van der Waals surface area contributed by atoms with E-state index in [0.29, 0.717) is 11.5 Å². The van der Waals surface area contributed by atoms with Crippen molar-refractivity contribution < 1.29 is 0 Å². The van der Waals surface area contributed by atoms with E-state index in [1.165, 1.54) is 43.7 Å². The molecule has 0 aromatic rings. The molecule has 2 heterocycles. The highest BCUT2D eigenvalue weighted by Crippen LogP contribution is 2.40. The van der Waals surface area contributed by atoms with E-state index in [0.717, 1.165) is 18.5 Å². The number of hydrogen-bond donors (Lipinski definition) is 1. The Bertz CT molecular complexity index is 267. The summed E-state index contributed by atoms with van der Waals surface area (Å²) in [5.41, 5.74) is 6.53. The van der Waals surface area contributed by atoms with Gasteiger partial charge in [0.15, 0.2) is 0 Å². The van der Waals surface area contributed by atoms with Crippen LogP contribution < -0.4 is 5.73 Å². The molecule has 0 aliphatic carbocycles. The molecular weight excluding hydrogens is 240 g/mol. The zero-order chi connectivity index (χ0) is 13.2. The van der Waals surface area contributed by atoms with Crippen molar-refractivity contribution in [3.8, 4) is 0 Å². The van der Waals surface area contributed by atoms with E-state index in [1.54, 1.807) is 0 Å². The van der Waals surface area contributed by atoms with Crippen LogP contribution in [0.1, 0.15) is 46.5 Å². The molecule has 0 aromatic carbocycles. The number of piperidine rings is 1. The lowest BCUT2D eigenvalue weighted by atomic mass is 9.78. The Balaban J connectivity index is 2.06. The van der Waals surface area contributed by atoms with Crippen LogP contribution in [0.5, 0.6) is 0 Å². The normalized spacial score (nSPS) is 37.7. The van der Waals surface area contributed by atoms with E-state index < -0.39 is 0 Å². The van der Waals surface area contributed by atoms with E-state index in [-0.39, 0.29) is 0 Å². The highest BCUT2D eigenvalue weighted by molar-refractivity contribution is 7.99. The van der Waals surface area contributed by atoms with E-state index >= 15 is 0 Å². The Morgan fingerprint density at radius 3 is 2.78 bits per heavy atom. The molecule has 3 heteroatoms. The average molecular weight is 270 g/mol. The third-order valence-corrected chi connectivity index (χ3v) is 6.23. The predicted molar refractivity (Wildman–Crippen MR) is 82.1 cm³/mol. The molecular formula is C15H30N2S. The minimum atomic E-state index is 0.470. The maximum Gasteiger partial charge on any atom is 0.0241 e. The molecule has 3 atom stereocenters. The molecule has 2 nitrogen and oxygen atoms in total. The van der Waals surface area contributed by atoms with Crippen molar-refractivity contribution in [2.75, 3.05) is 24.6 Å². The lowest BCUT2D eigenvalue weighted by Crippen LogP contribution is -2.58. The van der Waals surface area contributed by atoms with Crippen LogP contribution in [0.4, 0.5) is 0 Å². The van der Waals surface area contributed by atoms with Gasteiger partial charge >= 0.3 is 0 Å². The summed E-state index contributed by atoms with van der Waals surface area (Å²) in [6, 6.07) is 1.37. The average Bonchev–Trinajstić information content (AvgIpc) is 2.37. The van der Waals surface area contributed by atoms with Crippen LogP contribution in [0, 0.1) is 11.3 Å². The SMILES string of the molecule is CCC1CCN(C2CSCCC2(C)C)C(CN)C1. The van der Waals surface area contributed by atoms with E-state index in [9.17, 15) is 0 Å². The first kappa shape index (κ1) is 14.7. The smallest absolute Gasteiger partial charge is 0.0241 e. The van der Waals surface area contributed by atoms with Gasteiger partial charge in [-0.05, 0) is 42.9 Å². The molecule has 3 unspecified atom stereocenters. The maximum absolute atomic E-state index is 6.06. The second-order valence-electron chi connectivity index (χ2n) is 6.76. The molecule has 2 rings (SSSR count). The first-order chi connectivity index (χ1) is 8.58. The number of thioether (sulfide) groups is 1. The Morgan fingerprint density at radius 1 is 1.39 bits per heavy atom. The van der Waals surface area contributed by atoms with Gasteiger partial charge in [0, 0.05) is 24.4 Å². The number of rotatable bonds is 3. The number of hydrogen-bond acceptors (Lipinski definition) is 3. The fraction of sp³-hybridized carbons (Fsp3) is 1.00. The first-order valence-electron chi connectivity index (χ1n) is 7.62. The molecule has 106 valence electrons. The van der Waals surface area contributed by atoms with Gasteiger partial charge in [-0.25, -0.2) is 0 Å². The highest BCUT2D eigenvalue weighted by Gasteiger charge is 2.40. The van der Waals surface area contributed by atoms with Gasteiger partial charge in [0.1, 0.15) is 0 Å². The van der Waals surface area contributed by atoms with Gasteiger partial charge in [0.05, 0.1) is 0 Å². The van der Waals surface area contributed by atoms with Crippen LogP contribution in [-0.2, 0) is 0 Å². The summed E-state index contributed by atoms with van der Waals surface area (Å²) in [4.78, 5) is 2.76. The molecule has 0 radical (unpaired) electrons. The topological polar surface area (TPSA) is 29.3 Å². The summed E-state index contributed by atoms with van der Waals surface area (Å²) in [6.45, 7) is 9.35. The third kappa shape index (κ3) is 3.05. The summed E-state index contributed by atoms with van der Waals surface area (Å²) >= 11 is 2.14. The van der Waals surface area contributed by atoms with Gasteiger partial charge in [-0.2, -0.15) is 11.8 Å².